The fourth-order valence-electron chi connectivity index (χ4n) is 4.26. The van der Waals surface area contributed by atoms with E-state index in [1.807, 2.05) is 35.2 Å². The Morgan fingerprint density at radius 3 is 2.74 bits per heavy atom. The van der Waals surface area contributed by atoms with Crippen LogP contribution in [0, 0.1) is 6.92 Å². The lowest BCUT2D eigenvalue weighted by Crippen LogP contribution is -2.56. The molecule has 6 heteroatoms. The van der Waals surface area contributed by atoms with E-state index in [0.717, 1.165) is 43.5 Å². The smallest absolute Gasteiger partial charge is 0.271 e. The fourth-order valence-corrected chi connectivity index (χ4v) is 4.26. The molecule has 2 saturated heterocycles. The number of likely N-dealkylation sites (tertiary alicyclic amines) is 1. The van der Waals surface area contributed by atoms with E-state index in [2.05, 4.69) is 17.1 Å². The number of amides is 1. The van der Waals surface area contributed by atoms with Gasteiger partial charge in [0.1, 0.15) is 5.69 Å². The Hall–Kier alpha value is -2.18. The largest absolute Gasteiger partial charge is 0.378 e. The monoisotopic (exact) mass is 369 g/mol. The summed E-state index contributed by atoms with van der Waals surface area (Å²) in [4.78, 5) is 14.8. The van der Waals surface area contributed by atoms with E-state index in [9.17, 15) is 4.79 Å². The number of hydrogen-bond acceptors (Lipinski definition) is 4. The average Bonchev–Trinajstić information content (AvgIpc) is 3.19. The van der Waals surface area contributed by atoms with Crippen LogP contribution in [0.2, 0.25) is 0 Å². The number of H-pyrrole nitrogens is 1. The lowest BCUT2D eigenvalue weighted by atomic mass is 9.82. The molecule has 0 bridgehead atoms. The van der Waals surface area contributed by atoms with Crippen molar-refractivity contribution in [1.82, 2.24) is 15.1 Å². The molecule has 3 heterocycles. The number of nitrogens with zero attached hydrogens (tertiary/aromatic N) is 2. The number of carbonyl (C=O) groups is 1. The van der Waals surface area contributed by atoms with Crippen molar-refractivity contribution in [2.24, 2.45) is 0 Å². The third-order valence-corrected chi connectivity index (χ3v) is 5.92. The van der Waals surface area contributed by atoms with E-state index in [1.165, 1.54) is 5.56 Å². The molecule has 1 aromatic heterocycles. The average molecular weight is 369 g/mol. The van der Waals surface area contributed by atoms with E-state index in [4.69, 9.17) is 9.47 Å². The van der Waals surface area contributed by atoms with Gasteiger partial charge in [0.05, 0.1) is 17.4 Å². The van der Waals surface area contributed by atoms with Crippen LogP contribution in [-0.2, 0) is 9.47 Å². The minimum atomic E-state index is -0.231. The number of benzene rings is 1. The van der Waals surface area contributed by atoms with Gasteiger partial charge in [0.15, 0.2) is 0 Å². The number of piperidine rings is 1. The molecule has 6 nitrogen and oxygen atoms in total. The Kier molecular flexibility index (Phi) is 5.02. The van der Waals surface area contributed by atoms with Crippen LogP contribution in [0.4, 0.5) is 0 Å². The van der Waals surface area contributed by atoms with Gasteiger partial charge in [-0.05, 0) is 38.7 Å². The highest BCUT2D eigenvalue weighted by molar-refractivity contribution is 5.93. The van der Waals surface area contributed by atoms with Gasteiger partial charge < -0.3 is 14.4 Å². The molecular weight excluding hydrogens is 342 g/mol. The first-order valence-corrected chi connectivity index (χ1v) is 9.70. The molecule has 0 aliphatic carbocycles. The van der Waals surface area contributed by atoms with Gasteiger partial charge in [-0.15, -0.1) is 0 Å². The summed E-state index contributed by atoms with van der Waals surface area (Å²) < 4.78 is 11.8. The number of ether oxygens (including phenoxy) is 2. The quantitative estimate of drug-likeness (QED) is 0.902. The maximum absolute atomic E-state index is 12.9. The zero-order valence-electron chi connectivity index (χ0n) is 16.0. The number of aromatic amines is 1. The van der Waals surface area contributed by atoms with Crippen molar-refractivity contribution < 1.29 is 14.3 Å². The lowest BCUT2D eigenvalue weighted by Gasteiger charge is -2.47. The first kappa shape index (κ1) is 18.2. The summed E-state index contributed by atoms with van der Waals surface area (Å²) in [5.41, 5.74) is 3.31. The van der Waals surface area contributed by atoms with Gasteiger partial charge in [0.25, 0.3) is 5.91 Å². The first-order valence-electron chi connectivity index (χ1n) is 9.70. The predicted octanol–water partition coefficient (Wildman–Crippen LogP) is 3.19. The summed E-state index contributed by atoms with van der Waals surface area (Å²) in [6, 6.07) is 9.98. The van der Waals surface area contributed by atoms with Crippen molar-refractivity contribution in [2.75, 3.05) is 26.8 Å². The standard InChI is InChI=1S/C21H27N3O3/c1-15-5-7-16(8-6-15)17-14-18(23-22-17)20(25)24-11-9-21(10-12-24)19(26-2)4-3-13-27-21/h5-8,14,19H,3-4,9-13H2,1-2H3,(H,22,23)/t19-/m0/s1. The molecule has 1 amide bonds. The topological polar surface area (TPSA) is 67.5 Å². The van der Waals surface area contributed by atoms with E-state index in [1.54, 1.807) is 7.11 Å². The normalized spacial score (nSPS) is 22.1. The Morgan fingerprint density at radius 1 is 1.30 bits per heavy atom. The highest BCUT2D eigenvalue weighted by atomic mass is 16.5. The molecule has 4 rings (SSSR count). The Bertz CT molecular complexity index is 791. The van der Waals surface area contributed by atoms with Gasteiger partial charge in [-0.3, -0.25) is 9.89 Å². The highest BCUT2D eigenvalue weighted by Gasteiger charge is 2.45. The number of carbonyl (C=O) groups excluding carboxylic acids is 1. The van der Waals surface area contributed by atoms with Crippen LogP contribution in [0.3, 0.4) is 0 Å². The Morgan fingerprint density at radius 2 is 2.04 bits per heavy atom. The van der Waals surface area contributed by atoms with Crippen LogP contribution in [0.5, 0.6) is 0 Å². The number of aryl methyl sites for hydroxylation is 1. The van der Waals surface area contributed by atoms with Crippen LogP contribution < -0.4 is 0 Å². The molecule has 0 unspecified atom stereocenters. The summed E-state index contributed by atoms with van der Waals surface area (Å²) >= 11 is 0. The molecule has 2 aliphatic heterocycles. The molecule has 1 aromatic carbocycles. The Balaban J connectivity index is 1.43. The second-order valence-electron chi connectivity index (χ2n) is 7.60. The first-order chi connectivity index (χ1) is 13.1. The second kappa shape index (κ2) is 7.44. The van der Waals surface area contributed by atoms with Crippen molar-refractivity contribution in [3.05, 3.63) is 41.6 Å². The number of rotatable bonds is 3. The number of aromatic nitrogens is 2. The van der Waals surface area contributed by atoms with Gasteiger partial charge in [0, 0.05) is 32.4 Å². The van der Waals surface area contributed by atoms with Crippen LogP contribution in [0.15, 0.2) is 30.3 Å². The number of nitrogens with one attached hydrogen (secondary N) is 1. The Labute approximate surface area is 159 Å². The highest BCUT2D eigenvalue weighted by Crippen LogP contribution is 2.37. The zero-order chi connectivity index (χ0) is 18.9. The van der Waals surface area contributed by atoms with Crippen molar-refractivity contribution in [2.45, 2.75) is 44.3 Å². The predicted molar refractivity (Wildman–Crippen MR) is 103 cm³/mol. The zero-order valence-corrected chi connectivity index (χ0v) is 16.0. The van der Waals surface area contributed by atoms with Crippen LogP contribution >= 0.6 is 0 Å². The van der Waals surface area contributed by atoms with Gasteiger partial charge in [0.2, 0.25) is 0 Å². The molecule has 0 saturated carbocycles. The van der Waals surface area contributed by atoms with Crippen LogP contribution in [0.1, 0.15) is 41.7 Å². The summed E-state index contributed by atoms with van der Waals surface area (Å²) in [5.74, 6) is 0.000452. The van der Waals surface area contributed by atoms with E-state index in [0.29, 0.717) is 18.8 Å². The maximum atomic E-state index is 12.9. The summed E-state index contributed by atoms with van der Waals surface area (Å²) in [5, 5.41) is 7.23. The maximum Gasteiger partial charge on any atom is 0.271 e. The van der Waals surface area contributed by atoms with Crippen molar-refractivity contribution in [1.29, 1.82) is 0 Å². The molecule has 2 aliphatic rings. The second-order valence-corrected chi connectivity index (χ2v) is 7.60. The molecule has 1 atom stereocenters. The molecule has 2 aromatic rings. The minimum absolute atomic E-state index is 0.000452. The van der Waals surface area contributed by atoms with Gasteiger partial charge >= 0.3 is 0 Å². The molecule has 1 N–H and O–H groups in total. The molecule has 0 radical (unpaired) electrons. The van der Waals surface area contributed by atoms with Crippen molar-refractivity contribution >= 4 is 5.91 Å². The summed E-state index contributed by atoms with van der Waals surface area (Å²) in [7, 11) is 1.76. The minimum Gasteiger partial charge on any atom is -0.378 e. The molecule has 27 heavy (non-hydrogen) atoms. The summed E-state index contributed by atoms with van der Waals surface area (Å²) in [6.07, 6.45) is 3.83. The summed E-state index contributed by atoms with van der Waals surface area (Å²) in [6.45, 7) is 4.19. The van der Waals surface area contributed by atoms with Crippen LogP contribution in [-0.4, -0.2) is 59.5 Å². The SMILES string of the molecule is CO[C@H]1CCCOC12CCN(C(=O)c1cc(-c3ccc(C)cc3)n[nH]1)CC2. The fraction of sp³-hybridized carbons (Fsp3) is 0.524. The molecule has 2 fully saturated rings. The number of methoxy groups -OCH3 is 1. The number of hydrogen-bond donors (Lipinski definition) is 1. The van der Waals surface area contributed by atoms with E-state index >= 15 is 0 Å². The van der Waals surface area contributed by atoms with Crippen LogP contribution in [0.25, 0.3) is 11.3 Å². The lowest BCUT2D eigenvalue weighted by molar-refractivity contribution is -0.183. The van der Waals surface area contributed by atoms with Crippen molar-refractivity contribution in [3.63, 3.8) is 0 Å². The molecule has 1 spiro atoms. The van der Waals surface area contributed by atoms with Gasteiger partial charge in [-0.2, -0.15) is 5.10 Å². The van der Waals surface area contributed by atoms with E-state index in [-0.39, 0.29) is 17.6 Å². The molecular formula is C21H27N3O3. The molecule has 144 valence electrons. The van der Waals surface area contributed by atoms with Gasteiger partial charge in [-0.1, -0.05) is 29.8 Å². The third kappa shape index (κ3) is 3.51. The third-order valence-electron chi connectivity index (χ3n) is 5.92. The van der Waals surface area contributed by atoms with Gasteiger partial charge in [-0.25, -0.2) is 0 Å². The van der Waals surface area contributed by atoms with E-state index < -0.39 is 0 Å². The van der Waals surface area contributed by atoms with Crippen molar-refractivity contribution in [3.8, 4) is 11.3 Å².